The number of piperidine rings is 1. The smallest absolute Gasteiger partial charge is 0.392 e. The minimum Gasteiger partial charge on any atom is -0.392 e. The van der Waals surface area contributed by atoms with E-state index in [1.54, 1.807) is 0 Å². The van der Waals surface area contributed by atoms with Crippen LogP contribution in [0.2, 0.25) is 0 Å². The zero-order chi connectivity index (χ0) is 24.2. The number of rotatable bonds is 3. The van der Waals surface area contributed by atoms with Crippen molar-refractivity contribution >= 4 is 0 Å². The summed E-state index contributed by atoms with van der Waals surface area (Å²) in [6.45, 7) is 4.27. The van der Waals surface area contributed by atoms with Gasteiger partial charge in [0.2, 0.25) is 0 Å². The van der Waals surface area contributed by atoms with Crippen LogP contribution in [0.25, 0.3) is 0 Å². The molecule has 1 saturated heterocycles. The van der Waals surface area contributed by atoms with Crippen molar-refractivity contribution in [1.82, 2.24) is 5.32 Å². The molecule has 0 bridgehead atoms. The van der Waals surface area contributed by atoms with Crippen molar-refractivity contribution in [3.63, 3.8) is 0 Å². The Morgan fingerprint density at radius 3 is 1.94 bits per heavy atom. The molecule has 3 nitrogen and oxygen atoms in total. The normalized spacial score (nSPS) is 22.6. The summed E-state index contributed by atoms with van der Waals surface area (Å²) < 4.78 is 79.7. The molecule has 0 spiro atoms. The molecule has 0 aromatic heterocycles. The summed E-state index contributed by atoms with van der Waals surface area (Å²) in [5.41, 5.74) is -1.49. The maximum Gasteiger partial charge on any atom is 0.416 e. The fourth-order valence-corrected chi connectivity index (χ4v) is 3.39. The Morgan fingerprint density at radius 1 is 1.00 bits per heavy atom. The first-order chi connectivity index (χ1) is 14.8. The molecule has 3 atom stereocenters. The number of nitrogens with one attached hydrogen (secondary N) is 1. The second-order valence-electron chi connectivity index (χ2n) is 7.99. The molecule has 2 N–H and O–H groups in total. The molecule has 1 aliphatic heterocycles. The third-order valence-electron chi connectivity index (χ3n) is 5.55. The minimum absolute atomic E-state index is 0.0422. The number of alkyl halides is 6. The van der Waals surface area contributed by atoms with Crippen LogP contribution >= 0.6 is 0 Å². The molecule has 0 radical (unpaired) electrons. The fraction of sp³-hybridized carbons (Fsp3) is 0.478. The number of benzene rings is 2. The van der Waals surface area contributed by atoms with E-state index in [-0.39, 0.29) is 23.3 Å². The summed E-state index contributed by atoms with van der Waals surface area (Å²) >= 11 is 0. The predicted molar refractivity (Wildman–Crippen MR) is 109 cm³/mol. The van der Waals surface area contributed by atoms with E-state index < -0.39 is 29.6 Å². The average molecular weight is 463 g/mol. The predicted octanol–water partition coefficient (Wildman–Crippen LogP) is 6.08. The number of aliphatic hydroxyl groups is 1. The number of hydrogen-bond acceptors (Lipinski definition) is 3. The fourth-order valence-electron chi connectivity index (χ4n) is 3.39. The molecule has 0 saturated carbocycles. The lowest BCUT2D eigenvalue weighted by molar-refractivity contribution is -0.143. The largest absolute Gasteiger partial charge is 0.416 e. The Bertz CT molecular complexity index is 827. The topological polar surface area (TPSA) is 41.5 Å². The van der Waals surface area contributed by atoms with Crippen LogP contribution in [0.5, 0.6) is 0 Å². The SMILES string of the molecule is CO[C@H](C)c1cc(C(F)(F)F)cc(C(F)(F)F)c1.C[C@@]1(c2ccccc2)CCC(O)CN1. The molecular weight excluding hydrogens is 436 g/mol. The second-order valence-corrected chi connectivity index (χ2v) is 7.99. The minimum atomic E-state index is -4.83. The summed E-state index contributed by atoms with van der Waals surface area (Å²) in [4.78, 5) is 0. The van der Waals surface area contributed by atoms with Crippen molar-refractivity contribution in [2.45, 2.75) is 56.8 Å². The van der Waals surface area contributed by atoms with Gasteiger partial charge in [0.1, 0.15) is 0 Å². The van der Waals surface area contributed by atoms with Crippen molar-refractivity contribution in [2.75, 3.05) is 13.7 Å². The van der Waals surface area contributed by atoms with E-state index in [1.165, 1.54) is 19.6 Å². The molecule has 1 heterocycles. The Morgan fingerprint density at radius 2 is 1.53 bits per heavy atom. The van der Waals surface area contributed by atoms with Crippen LogP contribution in [0.1, 0.15) is 55.0 Å². The van der Waals surface area contributed by atoms with Gasteiger partial charge in [-0.05, 0) is 56.0 Å². The van der Waals surface area contributed by atoms with Crippen LogP contribution < -0.4 is 5.32 Å². The number of hydrogen-bond donors (Lipinski definition) is 2. The number of methoxy groups -OCH3 is 1. The van der Waals surface area contributed by atoms with E-state index in [0.29, 0.717) is 18.7 Å². The second kappa shape index (κ2) is 10.2. The molecule has 3 rings (SSSR count). The number of ether oxygens (including phenoxy) is 1. The van der Waals surface area contributed by atoms with Crippen LogP contribution in [-0.2, 0) is 22.6 Å². The molecule has 1 aliphatic rings. The highest BCUT2D eigenvalue weighted by molar-refractivity contribution is 5.34. The Kier molecular flexibility index (Phi) is 8.36. The van der Waals surface area contributed by atoms with Crippen LogP contribution in [0, 0.1) is 0 Å². The van der Waals surface area contributed by atoms with Gasteiger partial charge < -0.3 is 15.2 Å². The summed E-state index contributed by atoms with van der Waals surface area (Å²) in [7, 11) is 1.21. The lowest BCUT2D eigenvalue weighted by atomic mass is 9.83. The lowest BCUT2D eigenvalue weighted by Crippen LogP contribution is -2.48. The van der Waals surface area contributed by atoms with Gasteiger partial charge in [0, 0.05) is 19.2 Å². The molecule has 0 amide bonds. The van der Waals surface area contributed by atoms with E-state index in [0.717, 1.165) is 12.8 Å². The summed E-state index contributed by atoms with van der Waals surface area (Å²) in [5, 5.41) is 12.8. The Labute approximate surface area is 183 Å². The molecule has 1 fully saturated rings. The molecule has 2 aromatic rings. The monoisotopic (exact) mass is 463 g/mol. The first-order valence-electron chi connectivity index (χ1n) is 10.1. The summed E-state index contributed by atoms with van der Waals surface area (Å²) in [6, 6.07) is 11.8. The van der Waals surface area contributed by atoms with Gasteiger partial charge in [-0.25, -0.2) is 0 Å². The molecule has 9 heteroatoms. The van der Waals surface area contributed by atoms with Gasteiger partial charge in [-0.15, -0.1) is 0 Å². The first kappa shape index (κ1) is 26.2. The van der Waals surface area contributed by atoms with Crippen molar-refractivity contribution in [3.8, 4) is 0 Å². The quantitative estimate of drug-likeness (QED) is 0.543. The first-order valence-corrected chi connectivity index (χ1v) is 10.1. The third-order valence-corrected chi connectivity index (χ3v) is 5.55. The molecule has 178 valence electrons. The third kappa shape index (κ3) is 6.95. The average Bonchev–Trinajstić information content (AvgIpc) is 2.75. The van der Waals surface area contributed by atoms with Gasteiger partial charge in [-0.1, -0.05) is 30.3 Å². The van der Waals surface area contributed by atoms with Crippen molar-refractivity contribution in [2.24, 2.45) is 0 Å². The highest BCUT2D eigenvalue weighted by Gasteiger charge is 2.37. The van der Waals surface area contributed by atoms with Gasteiger partial charge in [-0.2, -0.15) is 26.3 Å². The standard InChI is InChI=1S/C12H17NO.C11H10F6O/c1-12(8-7-11(14)9-13-12)10-5-3-2-4-6-10;1-6(18-2)7-3-8(10(12,13)14)5-9(4-7)11(15,16)17/h2-6,11,13-14H,7-9H2,1H3;3-6H,1-2H3/t11?,12-;6-/m01/s1. The van der Waals surface area contributed by atoms with Crippen LogP contribution in [0.4, 0.5) is 26.3 Å². The number of aliphatic hydroxyl groups excluding tert-OH is 1. The van der Waals surface area contributed by atoms with Gasteiger partial charge in [0.15, 0.2) is 0 Å². The van der Waals surface area contributed by atoms with Crippen molar-refractivity contribution < 1.29 is 36.2 Å². The van der Waals surface area contributed by atoms with E-state index in [4.69, 9.17) is 4.74 Å². The highest BCUT2D eigenvalue weighted by Crippen LogP contribution is 2.37. The van der Waals surface area contributed by atoms with Crippen LogP contribution in [0.15, 0.2) is 48.5 Å². The van der Waals surface area contributed by atoms with Crippen molar-refractivity contribution in [1.29, 1.82) is 0 Å². The molecular formula is C23H27F6NO2. The van der Waals surface area contributed by atoms with E-state index in [1.807, 2.05) is 6.07 Å². The Hall–Kier alpha value is -2.10. The van der Waals surface area contributed by atoms with E-state index in [9.17, 15) is 31.4 Å². The van der Waals surface area contributed by atoms with Gasteiger partial charge in [-0.3, -0.25) is 0 Å². The maximum absolute atomic E-state index is 12.5. The zero-order valence-corrected chi connectivity index (χ0v) is 18.0. The van der Waals surface area contributed by atoms with Gasteiger partial charge in [0.25, 0.3) is 0 Å². The van der Waals surface area contributed by atoms with Crippen LogP contribution in [-0.4, -0.2) is 24.9 Å². The van der Waals surface area contributed by atoms with Gasteiger partial charge >= 0.3 is 12.4 Å². The molecule has 2 aromatic carbocycles. The molecule has 0 aliphatic carbocycles. The molecule has 32 heavy (non-hydrogen) atoms. The van der Waals surface area contributed by atoms with Gasteiger partial charge in [0.05, 0.1) is 23.3 Å². The highest BCUT2D eigenvalue weighted by atomic mass is 19.4. The summed E-state index contributed by atoms with van der Waals surface area (Å²) in [6.07, 6.45) is -8.80. The lowest BCUT2D eigenvalue weighted by Gasteiger charge is -2.37. The van der Waals surface area contributed by atoms with E-state index >= 15 is 0 Å². The molecule has 1 unspecified atom stereocenters. The van der Waals surface area contributed by atoms with E-state index in [2.05, 4.69) is 36.5 Å². The van der Waals surface area contributed by atoms with Crippen molar-refractivity contribution in [3.05, 3.63) is 70.8 Å². The Balaban J connectivity index is 0.000000233. The zero-order valence-electron chi connectivity index (χ0n) is 18.0. The number of β-amino-alcohol motifs (C(OH)–C–C–N with tert-alkyl or cyclic N) is 1. The maximum atomic E-state index is 12.5. The number of halogens is 6. The van der Waals surface area contributed by atoms with Crippen LogP contribution in [0.3, 0.4) is 0 Å². The summed E-state index contributed by atoms with van der Waals surface area (Å²) in [5.74, 6) is 0.